The van der Waals surface area contributed by atoms with Gasteiger partial charge in [-0.05, 0) is 47.9 Å². The van der Waals surface area contributed by atoms with Crippen LogP contribution >= 0.6 is 23.2 Å². The van der Waals surface area contributed by atoms with Gasteiger partial charge >= 0.3 is 0 Å². The van der Waals surface area contributed by atoms with Crippen LogP contribution in [0.25, 0.3) is 0 Å². The summed E-state index contributed by atoms with van der Waals surface area (Å²) in [4.78, 5) is 12.1. The minimum atomic E-state index is -0.872. The molecule has 0 bridgehead atoms. The summed E-state index contributed by atoms with van der Waals surface area (Å²) >= 11 is 11.9. The standard InChI is InChI=1S/C20H21Cl2NO4/c21-15-9-14(10-16(22)11-15)17(24)12-23-20(25)5-3-13-2-4-18-19(8-13)27-7-1-6-26-18/h2,4,8-11,17,24H,1,3,5-7,12H2,(H,23,25). The number of carbonyl (C=O) groups excluding carboxylic acids is 1. The molecule has 1 aliphatic rings. The minimum Gasteiger partial charge on any atom is -0.490 e. The summed E-state index contributed by atoms with van der Waals surface area (Å²) in [6.07, 6.45) is 0.861. The van der Waals surface area contributed by atoms with Gasteiger partial charge in [-0.2, -0.15) is 0 Å². The Morgan fingerprint density at radius 2 is 1.78 bits per heavy atom. The molecule has 1 heterocycles. The summed E-state index contributed by atoms with van der Waals surface area (Å²) < 4.78 is 11.3. The Morgan fingerprint density at radius 1 is 1.07 bits per heavy atom. The molecule has 0 saturated heterocycles. The summed E-state index contributed by atoms with van der Waals surface area (Å²) in [5, 5.41) is 13.8. The lowest BCUT2D eigenvalue weighted by Crippen LogP contribution is -2.28. The largest absolute Gasteiger partial charge is 0.490 e. The van der Waals surface area contributed by atoms with E-state index >= 15 is 0 Å². The Hall–Kier alpha value is -1.95. The molecule has 2 N–H and O–H groups in total. The van der Waals surface area contributed by atoms with E-state index in [0.717, 1.165) is 23.5 Å². The van der Waals surface area contributed by atoms with Gasteiger partial charge in [0.05, 0.1) is 19.3 Å². The molecule has 0 aromatic heterocycles. The Balaban J connectivity index is 1.49. The average Bonchev–Trinajstić information content (AvgIpc) is 2.88. The SMILES string of the molecule is O=C(CCc1ccc2c(c1)OCCCO2)NCC(O)c1cc(Cl)cc(Cl)c1. The summed E-state index contributed by atoms with van der Waals surface area (Å²) in [6.45, 7) is 1.37. The number of aryl methyl sites for hydroxylation is 1. The molecule has 2 aromatic carbocycles. The van der Waals surface area contributed by atoms with Gasteiger partial charge in [-0.3, -0.25) is 4.79 Å². The quantitative estimate of drug-likeness (QED) is 0.757. The van der Waals surface area contributed by atoms with Crippen molar-refractivity contribution in [3.63, 3.8) is 0 Å². The number of aliphatic hydroxyl groups excluding tert-OH is 1. The lowest BCUT2D eigenvalue weighted by Gasteiger charge is -2.13. The fourth-order valence-electron chi connectivity index (χ4n) is 2.81. The average molecular weight is 410 g/mol. The van der Waals surface area contributed by atoms with E-state index in [4.69, 9.17) is 32.7 Å². The number of benzene rings is 2. The summed E-state index contributed by atoms with van der Waals surface area (Å²) in [5.41, 5.74) is 1.56. The number of aliphatic hydroxyl groups is 1. The maximum atomic E-state index is 12.1. The van der Waals surface area contributed by atoms with Gasteiger partial charge in [0.25, 0.3) is 0 Å². The molecular weight excluding hydrogens is 389 g/mol. The van der Waals surface area contributed by atoms with Gasteiger partial charge in [0, 0.05) is 29.4 Å². The van der Waals surface area contributed by atoms with Crippen molar-refractivity contribution in [1.82, 2.24) is 5.32 Å². The molecule has 0 aliphatic carbocycles. The highest BCUT2D eigenvalue weighted by molar-refractivity contribution is 6.34. The van der Waals surface area contributed by atoms with E-state index < -0.39 is 6.10 Å². The number of carbonyl (C=O) groups is 1. The molecule has 144 valence electrons. The fraction of sp³-hybridized carbons (Fsp3) is 0.350. The van der Waals surface area contributed by atoms with E-state index in [9.17, 15) is 9.90 Å². The lowest BCUT2D eigenvalue weighted by atomic mass is 10.1. The number of amides is 1. The molecular formula is C20H21Cl2NO4. The van der Waals surface area contributed by atoms with Gasteiger partial charge in [0.2, 0.25) is 5.91 Å². The van der Waals surface area contributed by atoms with Crippen LogP contribution in [-0.4, -0.2) is 30.8 Å². The number of ether oxygens (including phenoxy) is 2. The van der Waals surface area contributed by atoms with Gasteiger partial charge in [0.1, 0.15) is 0 Å². The van der Waals surface area contributed by atoms with Crippen molar-refractivity contribution in [2.24, 2.45) is 0 Å². The molecule has 2 aromatic rings. The second-order valence-electron chi connectivity index (χ2n) is 6.35. The molecule has 7 heteroatoms. The molecule has 0 spiro atoms. The first-order valence-electron chi connectivity index (χ1n) is 8.80. The van der Waals surface area contributed by atoms with Gasteiger partial charge in [-0.15, -0.1) is 0 Å². The maximum absolute atomic E-state index is 12.1. The number of halogens is 2. The second kappa shape index (κ2) is 9.31. The van der Waals surface area contributed by atoms with Crippen LogP contribution in [0.4, 0.5) is 0 Å². The predicted molar refractivity (Wildman–Crippen MR) is 105 cm³/mol. The first kappa shape index (κ1) is 19.8. The zero-order valence-corrected chi connectivity index (χ0v) is 16.2. The van der Waals surface area contributed by atoms with Gasteiger partial charge in [-0.1, -0.05) is 29.3 Å². The van der Waals surface area contributed by atoms with E-state index in [0.29, 0.717) is 41.7 Å². The predicted octanol–water partition coefficient (Wildman–Crippen LogP) is 3.94. The molecule has 0 fully saturated rings. The van der Waals surface area contributed by atoms with E-state index in [2.05, 4.69) is 5.32 Å². The van der Waals surface area contributed by atoms with Crippen molar-refractivity contribution < 1.29 is 19.4 Å². The van der Waals surface area contributed by atoms with Crippen molar-refractivity contribution in [2.75, 3.05) is 19.8 Å². The second-order valence-corrected chi connectivity index (χ2v) is 7.23. The molecule has 3 rings (SSSR count). The van der Waals surface area contributed by atoms with E-state index in [1.54, 1.807) is 18.2 Å². The van der Waals surface area contributed by atoms with Crippen LogP contribution in [0.1, 0.15) is 30.1 Å². The first-order chi connectivity index (χ1) is 13.0. The zero-order chi connectivity index (χ0) is 19.2. The number of hydrogen-bond donors (Lipinski definition) is 2. The number of fused-ring (bicyclic) bond motifs is 1. The van der Waals surface area contributed by atoms with Gasteiger partial charge in [0.15, 0.2) is 11.5 Å². The van der Waals surface area contributed by atoms with E-state index in [-0.39, 0.29) is 12.5 Å². The van der Waals surface area contributed by atoms with Crippen molar-refractivity contribution in [3.05, 3.63) is 57.6 Å². The molecule has 1 atom stereocenters. The van der Waals surface area contributed by atoms with Gasteiger partial charge in [-0.25, -0.2) is 0 Å². The normalized spacial score (nSPS) is 14.3. The highest BCUT2D eigenvalue weighted by Crippen LogP contribution is 2.30. The van der Waals surface area contributed by atoms with Crippen LogP contribution < -0.4 is 14.8 Å². The summed E-state index contributed by atoms with van der Waals surface area (Å²) in [6, 6.07) is 10.6. The number of hydrogen-bond acceptors (Lipinski definition) is 4. The highest BCUT2D eigenvalue weighted by Gasteiger charge is 2.13. The minimum absolute atomic E-state index is 0.0939. The molecule has 27 heavy (non-hydrogen) atoms. The smallest absolute Gasteiger partial charge is 0.220 e. The molecule has 1 unspecified atom stereocenters. The van der Waals surface area contributed by atoms with Crippen molar-refractivity contribution in [3.8, 4) is 11.5 Å². The first-order valence-corrected chi connectivity index (χ1v) is 9.56. The van der Waals surface area contributed by atoms with Crippen molar-refractivity contribution in [2.45, 2.75) is 25.4 Å². The lowest BCUT2D eigenvalue weighted by molar-refractivity contribution is -0.121. The van der Waals surface area contributed by atoms with Crippen LogP contribution in [-0.2, 0) is 11.2 Å². The van der Waals surface area contributed by atoms with Crippen molar-refractivity contribution >= 4 is 29.1 Å². The van der Waals surface area contributed by atoms with Crippen LogP contribution in [0.15, 0.2) is 36.4 Å². The third-order valence-electron chi connectivity index (χ3n) is 4.21. The van der Waals surface area contributed by atoms with Crippen LogP contribution in [0, 0.1) is 0 Å². The van der Waals surface area contributed by atoms with Crippen LogP contribution in [0.3, 0.4) is 0 Å². The van der Waals surface area contributed by atoms with Gasteiger partial charge < -0.3 is 19.9 Å². The summed E-state index contributed by atoms with van der Waals surface area (Å²) in [5.74, 6) is 1.32. The molecule has 5 nitrogen and oxygen atoms in total. The molecule has 0 radical (unpaired) electrons. The molecule has 1 aliphatic heterocycles. The van der Waals surface area contributed by atoms with Crippen molar-refractivity contribution in [1.29, 1.82) is 0 Å². The zero-order valence-electron chi connectivity index (χ0n) is 14.7. The molecule has 1 amide bonds. The Kier molecular flexibility index (Phi) is 6.83. The monoisotopic (exact) mass is 409 g/mol. The third kappa shape index (κ3) is 5.76. The Morgan fingerprint density at radius 3 is 2.52 bits per heavy atom. The fourth-order valence-corrected chi connectivity index (χ4v) is 3.35. The maximum Gasteiger partial charge on any atom is 0.220 e. The van der Waals surface area contributed by atoms with Crippen LogP contribution in [0.5, 0.6) is 11.5 Å². The van der Waals surface area contributed by atoms with E-state index in [1.165, 1.54) is 0 Å². The number of nitrogens with one attached hydrogen (secondary N) is 1. The summed E-state index contributed by atoms with van der Waals surface area (Å²) in [7, 11) is 0. The highest BCUT2D eigenvalue weighted by atomic mass is 35.5. The van der Waals surface area contributed by atoms with E-state index in [1.807, 2.05) is 18.2 Å². The molecule has 0 saturated carbocycles. The Labute approximate surface area is 168 Å². The topological polar surface area (TPSA) is 67.8 Å². The number of rotatable bonds is 6. The van der Waals surface area contributed by atoms with Crippen LogP contribution in [0.2, 0.25) is 10.0 Å². The Bertz CT molecular complexity index is 792. The third-order valence-corrected chi connectivity index (χ3v) is 4.65.